The van der Waals surface area contributed by atoms with Crippen LogP contribution in [0.4, 0.5) is 0 Å². The minimum Gasteiger partial charge on any atom is -0.314 e. The van der Waals surface area contributed by atoms with Gasteiger partial charge in [-0.05, 0) is 62.1 Å². The lowest BCUT2D eigenvalue weighted by Gasteiger charge is -2.37. The number of hydrogen-bond acceptors (Lipinski definition) is 1. The molecule has 0 radical (unpaired) electrons. The van der Waals surface area contributed by atoms with Crippen LogP contribution in [0.1, 0.15) is 56.6 Å². The summed E-state index contributed by atoms with van der Waals surface area (Å²) in [6.45, 7) is 8.04. The molecule has 1 heteroatoms. The summed E-state index contributed by atoms with van der Waals surface area (Å²) in [5.74, 6) is 1.64. The molecule has 0 heterocycles. The lowest BCUT2D eigenvalue weighted by molar-refractivity contribution is 0.287. The van der Waals surface area contributed by atoms with E-state index >= 15 is 0 Å². The molecule has 1 aliphatic carbocycles. The van der Waals surface area contributed by atoms with E-state index in [1.54, 1.807) is 5.56 Å². The second-order valence-electron chi connectivity index (χ2n) is 6.21. The van der Waals surface area contributed by atoms with Gasteiger partial charge in [0.1, 0.15) is 0 Å². The van der Waals surface area contributed by atoms with E-state index in [1.807, 2.05) is 0 Å². The Kier molecular flexibility index (Phi) is 4.82. The van der Waals surface area contributed by atoms with Crippen molar-refractivity contribution in [3.8, 4) is 0 Å². The van der Waals surface area contributed by atoms with Crippen LogP contribution in [0.2, 0.25) is 0 Å². The first-order chi connectivity index (χ1) is 8.66. The topological polar surface area (TPSA) is 12.0 Å². The zero-order chi connectivity index (χ0) is 13.0. The van der Waals surface area contributed by atoms with E-state index in [0.717, 1.165) is 17.9 Å². The molecule has 1 aliphatic rings. The molecule has 0 saturated heterocycles. The molecule has 1 saturated carbocycles. The van der Waals surface area contributed by atoms with Crippen LogP contribution in [-0.2, 0) is 0 Å². The molecule has 2 rings (SSSR count). The average Bonchev–Trinajstić information content (AvgIpc) is 2.28. The van der Waals surface area contributed by atoms with Crippen molar-refractivity contribution in [2.24, 2.45) is 5.92 Å². The quantitative estimate of drug-likeness (QED) is 0.738. The maximum absolute atomic E-state index is 3.69. The van der Waals surface area contributed by atoms with Crippen molar-refractivity contribution in [3.05, 3.63) is 35.4 Å². The number of aryl methyl sites for hydroxylation is 1. The SMILES string of the molecule is Cc1ccccc1C1CC(NCCCC(C)C)C1. The fourth-order valence-corrected chi connectivity index (χ4v) is 2.90. The van der Waals surface area contributed by atoms with E-state index in [9.17, 15) is 0 Å². The second-order valence-corrected chi connectivity index (χ2v) is 6.21. The van der Waals surface area contributed by atoms with Gasteiger partial charge in [0.2, 0.25) is 0 Å². The van der Waals surface area contributed by atoms with Gasteiger partial charge >= 0.3 is 0 Å². The van der Waals surface area contributed by atoms with E-state index in [2.05, 4.69) is 50.4 Å². The van der Waals surface area contributed by atoms with E-state index in [0.29, 0.717) is 0 Å². The van der Waals surface area contributed by atoms with Gasteiger partial charge < -0.3 is 5.32 Å². The predicted octanol–water partition coefficient (Wildman–Crippen LogP) is 4.27. The summed E-state index contributed by atoms with van der Waals surface area (Å²) in [6, 6.07) is 9.61. The Labute approximate surface area is 112 Å². The van der Waals surface area contributed by atoms with Crippen LogP contribution < -0.4 is 5.32 Å². The fraction of sp³-hybridized carbons (Fsp3) is 0.647. The van der Waals surface area contributed by atoms with E-state index in [4.69, 9.17) is 0 Å². The van der Waals surface area contributed by atoms with Gasteiger partial charge in [-0.15, -0.1) is 0 Å². The third-order valence-electron chi connectivity index (χ3n) is 4.16. The molecular weight excluding hydrogens is 218 g/mol. The van der Waals surface area contributed by atoms with Gasteiger partial charge in [0.05, 0.1) is 0 Å². The van der Waals surface area contributed by atoms with Crippen molar-refractivity contribution >= 4 is 0 Å². The molecule has 0 unspecified atom stereocenters. The third-order valence-corrected chi connectivity index (χ3v) is 4.16. The van der Waals surface area contributed by atoms with E-state index in [-0.39, 0.29) is 0 Å². The van der Waals surface area contributed by atoms with Gasteiger partial charge in [-0.1, -0.05) is 38.1 Å². The van der Waals surface area contributed by atoms with Crippen LogP contribution in [0.5, 0.6) is 0 Å². The van der Waals surface area contributed by atoms with Crippen molar-refractivity contribution in [3.63, 3.8) is 0 Å². The van der Waals surface area contributed by atoms with Crippen LogP contribution in [0.25, 0.3) is 0 Å². The summed E-state index contributed by atoms with van der Waals surface area (Å²) < 4.78 is 0. The molecule has 0 bridgehead atoms. The summed E-state index contributed by atoms with van der Waals surface area (Å²) in [7, 11) is 0. The maximum atomic E-state index is 3.69. The fourth-order valence-electron chi connectivity index (χ4n) is 2.90. The first-order valence-corrected chi connectivity index (χ1v) is 7.45. The number of rotatable bonds is 6. The summed E-state index contributed by atoms with van der Waals surface area (Å²) in [4.78, 5) is 0. The highest BCUT2D eigenvalue weighted by atomic mass is 14.9. The van der Waals surface area contributed by atoms with Crippen LogP contribution in [0, 0.1) is 12.8 Å². The zero-order valence-corrected chi connectivity index (χ0v) is 12.1. The maximum Gasteiger partial charge on any atom is 0.00787 e. The highest BCUT2D eigenvalue weighted by Crippen LogP contribution is 2.38. The zero-order valence-electron chi connectivity index (χ0n) is 12.1. The standard InChI is InChI=1S/C17H27N/c1-13(2)7-6-10-18-16-11-15(12-16)17-9-5-4-8-14(17)3/h4-5,8-9,13,15-16,18H,6-7,10-12H2,1-3H3. The van der Waals surface area contributed by atoms with Gasteiger partial charge in [0.15, 0.2) is 0 Å². The van der Waals surface area contributed by atoms with Crippen LogP contribution in [0.15, 0.2) is 24.3 Å². The first-order valence-electron chi connectivity index (χ1n) is 7.45. The van der Waals surface area contributed by atoms with Crippen molar-refractivity contribution in [1.29, 1.82) is 0 Å². The number of nitrogens with one attached hydrogen (secondary N) is 1. The first kappa shape index (κ1) is 13.6. The molecule has 0 aliphatic heterocycles. The lowest BCUT2D eigenvalue weighted by atomic mass is 9.74. The molecule has 100 valence electrons. The summed E-state index contributed by atoms with van der Waals surface area (Å²) in [5, 5.41) is 3.69. The molecule has 1 N–H and O–H groups in total. The third kappa shape index (κ3) is 3.58. The average molecular weight is 245 g/mol. The van der Waals surface area contributed by atoms with Gasteiger partial charge in [-0.2, -0.15) is 0 Å². The van der Waals surface area contributed by atoms with Gasteiger partial charge in [0, 0.05) is 6.04 Å². The Morgan fingerprint density at radius 3 is 2.61 bits per heavy atom. The molecule has 0 spiro atoms. The Morgan fingerprint density at radius 2 is 1.94 bits per heavy atom. The molecule has 18 heavy (non-hydrogen) atoms. The summed E-state index contributed by atoms with van der Waals surface area (Å²) in [6.07, 6.45) is 5.32. The van der Waals surface area contributed by atoms with Crippen molar-refractivity contribution < 1.29 is 0 Å². The van der Waals surface area contributed by atoms with Crippen LogP contribution in [-0.4, -0.2) is 12.6 Å². The highest BCUT2D eigenvalue weighted by Gasteiger charge is 2.30. The van der Waals surface area contributed by atoms with Crippen LogP contribution >= 0.6 is 0 Å². The van der Waals surface area contributed by atoms with Crippen molar-refractivity contribution in [2.45, 2.75) is 58.4 Å². The van der Waals surface area contributed by atoms with Crippen molar-refractivity contribution in [1.82, 2.24) is 5.32 Å². The molecular formula is C17H27N. The Balaban J connectivity index is 1.67. The molecule has 1 aromatic carbocycles. The van der Waals surface area contributed by atoms with Gasteiger partial charge in [-0.25, -0.2) is 0 Å². The Bertz CT molecular complexity index is 364. The van der Waals surface area contributed by atoms with Gasteiger partial charge in [0.25, 0.3) is 0 Å². The van der Waals surface area contributed by atoms with Crippen LogP contribution in [0.3, 0.4) is 0 Å². The summed E-state index contributed by atoms with van der Waals surface area (Å²) in [5.41, 5.74) is 3.03. The molecule has 1 fully saturated rings. The molecule has 0 atom stereocenters. The minimum atomic E-state index is 0.766. The highest BCUT2D eigenvalue weighted by molar-refractivity contribution is 5.31. The summed E-state index contributed by atoms with van der Waals surface area (Å²) >= 11 is 0. The number of benzene rings is 1. The van der Waals surface area contributed by atoms with Crippen molar-refractivity contribution in [2.75, 3.05) is 6.54 Å². The normalized spacial score (nSPS) is 23.1. The molecule has 1 aromatic rings. The monoisotopic (exact) mass is 245 g/mol. The second kappa shape index (κ2) is 6.38. The molecule has 0 aromatic heterocycles. The smallest absolute Gasteiger partial charge is 0.00787 e. The van der Waals surface area contributed by atoms with E-state index in [1.165, 1.54) is 37.8 Å². The Morgan fingerprint density at radius 1 is 1.22 bits per heavy atom. The van der Waals surface area contributed by atoms with E-state index < -0.39 is 0 Å². The minimum absolute atomic E-state index is 0.766. The lowest BCUT2D eigenvalue weighted by Crippen LogP contribution is -2.40. The predicted molar refractivity (Wildman–Crippen MR) is 79.0 cm³/mol. The molecule has 0 amide bonds. The largest absolute Gasteiger partial charge is 0.314 e. The number of hydrogen-bond donors (Lipinski definition) is 1. The van der Waals surface area contributed by atoms with Gasteiger partial charge in [-0.3, -0.25) is 0 Å². The Hall–Kier alpha value is -0.820. The molecule has 1 nitrogen and oxygen atoms in total.